The van der Waals surface area contributed by atoms with E-state index in [4.69, 9.17) is 4.89 Å². The molecule has 1 atom stereocenters. The molecular weight excluding hydrogens is 407 g/mol. The van der Waals surface area contributed by atoms with E-state index in [0.717, 1.165) is 60.8 Å². The molecule has 7 heteroatoms. The lowest BCUT2D eigenvalue weighted by Gasteiger charge is -2.11. The Hall–Kier alpha value is -1.59. The standard InChI is InChI=1S/C23H32F2NO3P/c1-18-15-20(8-5-3-2-4-7-19-9-11-22(24)12-10-19)23(25)16-21(18)17-26-13-6-14-29-30(27)28/h9-12,15-16,26,30H,2-8,13-14,17H2,1H3,(H,27,28). The smallest absolute Gasteiger partial charge is 0.316 e. The topological polar surface area (TPSA) is 58.6 Å². The zero-order valence-electron chi connectivity index (χ0n) is 17.6. The van der Waals surface area contributed by atoms with Crippen LogP contribution in [0.15, 0.2) is 36.4 Å². The highest BCUT2D eigenvalue weighted by Gasteiger charge is 2.07. The highest BCUT2D eigenvalue weighted by atomic mass is 31.1. The minimum Gasteiger partial charge on any atom is -0.326 e. The number of unbranched alkanes of at least 4 members (excludes halogenated alkanes) is 3. The van der Waals surface area contributed by atoms with Crippen LogP contribution in [0.3, 0.4) is 0 Å². The molecule has 0 aromatic heterocycles. The first-order valence-electron chi connectivity index (χ1n) is 10.5. The van der Waals surface area contributed by atoms with Gasteiger partial charge in [0.2, 0.25) is 0 Å². The molecule has 0 radical (unpaired) electrons. The average Bonchev–Trinajstić information content (AvgIpc) is 2.71. The minimum atomic E-state index is -2.86. The van der Waals surface area contributed by atoms with Crippen LogP contribution in [0, 0.1) is 18.6 Å². The maximum atomic E-state index is 14.4. The van der Waals surface area contributed by atoms with Crippen molar-refractivity contribution in [2.45, 2.75) is 58.4 Å². The lowest BCUT2D eigenvalue weighted by Crippen LogP contribution is -2.17. The molecule has 2 N–H and O–H groups in total. The molecule has 0 amide bonds. The summed E-state index contributed by atoms with van der Waals surface area (Å²) in [5.74, 6) is -0.365. The van der Waals surface area contributed by atoms with Gasteiger partial charge in [-0.1, -0.05) is 31.0 Å². The van der Waals surface area contributed by atoms with Crippen LogP contribution in [0.25, 0.3) is 0 Å². The summed E-state index contributed by atoms with van der Waals surface area (Å²) >= 11 is 0. The number of aryl methyl sites for hydroxylation is 3. The second-order valence-electron chi connectivity index (χ2n) is 7.56. The molecule has 2 aromatic carbocycles. The maximum Gasteiger partial charge on any atom is 0.316 e. The summed E-state index contributed by atoms with van der Waals surface area (Å²) in [6.45, 7) is 3.41. The first-order chi connectivity index (χ1) is 14.5. The van der Waals surface area contributed by atoms with Crippen molar-refractivity contribution >= 4 is 8.25 Å². The van der Waals surface area contributed by atoms with E-state index >= 15 is 0 Å². The summed E-state index contributed by atoms with van der Waals surface area (Å²) in [6, 6.07) is 10.2. The molecule has 0 bridgehead atoms. The van der Waals surface area contributed by atoms with Gasteiger partial charge in [0.15, 0.2) is 0 Å². The predicted octanol–water partition coefficient (Wildman–Crippen LogP) is 5.50. The van der Waals surface area contributed by atoms with Crippen LogP contribution in [0.2, 0.25) is 0 Å². The van der Waals surface area contributed by atoms with Crippen LogP contribution in [-0.4, -0.2) is 18.0 Å². The van der Waals surface area contributed by atoms with Crippen LogP contribution >= 0.6 is 8.25 Å². The van der Waals surface area contributed by atoms with Crippen molar-refractivity contribution in [1.29, 1.82) is 0 Å². The van der Waals surface area contributed by atoms with E-state index in [0.29, 0.717) is 19.5 Å². The van der Waals surface area contributed by atoms with Gasteiger partial charge in [-0.3, -0.25) is 4.57 Å². The van der Waals surface area contributed by atoms with E-state index < -0.39 is 8.25 Å². The van der Waals surface area contributed by atoms with E-state index in [1.165, 1.54) is 12.1 Å². The second-order valence-corrected chi connectivity index (χ2v) is 8.38. The summed E-state index contributed by atoms with van der Waals surface area (Å²) in [6.07, 6.45) is 6.43. The first kappa shape index (κ1) is 24.7. The number of benzene rings is 2. The second kappa shape index (κ2) is 13.7. The Bertz CT molecular complexity index is 800. The van der Waals surface area contributed by atoms with Gasteiger partial charge in [-0.2, -0.15) is 0 Å². The SMILES string of the molecule is Cc1cc(CCCCCCc2ccc(F)cc2)c(F)cc1CNCCCO[PH](=O)O. The molecule has 2 aromatic rings. The fourth-order valence-electron chi connectivity index (χ4n) is 3.39. The largest absolute Gasteiger partial charge is 0.326 e. The molecule has 166 valence electrons. The molecule has 2 rings (SSSR count). The summed E-state index contributed by atoms with van der Waals surface area (Å²) in [7, 11) is -2.86. The van der Waals surface area contributed by atoms with Crippen LogP contribution in [-0.2, 0) is 28.5 Å². The Morgan fingerprint density at radius 2 is 1.67 bits per heavy atom. The van der Waals surface area contributed by atoms with Crippen molar-refractivity contribution in [3.05, 3.63) is 70.3 Å². The number of rotatable bonds is 14. The van der Waals surface area contributed by atoms with Gasteiger partial charge in [0.05, 0.1) is 6.61 Å². The lowest BCUT2D eigenvalue weighted by atomic mass is 9.99. The quantitative estimate of drug-likeness (QED) is 0.302. The molecule has 0 aliphatic heterocycles. The minimum absolute atomic E-state index is 0.161. The zero-order chi connectivity index (χ0) is 21.8. The van der Waals surface area contributed by atoms with Gasteiger partial charge >= 0.3 is 8.25 Å². The monoisotopic (exact) mass is 439 g/mol. The molecule has 1 unspecified atom stereocenters. The van der Waals surface area contributed by atoms with Crippen LogP contribution < -0.4 is 5.32 Å². The van der Waals surface area contributed by atoms with Crippen molar-refractivity contribution in [2.24, 2.45) is 0 Å². The fourth-order valence-corrected chi connectivity index (χ4v) is 3.71. The van der Waals surface area contributed by atoms with E-state index in [-0.39, 0.29) is 18.2 Å². The summed E-state index contributed by atoms with van der Waals surface area (Å²) in [5, 5.41) is 3.21. The Balaban J connectivity index is 1.65. The van der Waals surface area contributed by atoms with Gasteiger partial charge in [0.25, 0.3) is 0 Å². The van der Waals surface area contributed by atoms with Crippen LogP contribution in [0.4, 0.5) is 8.78 Å². The van der Waals surface area contributed by atoms with E-state index in [2.05, 4.69) is 9.84 Å². The van der Waals surface area contributed by atoms with Gasteiger partial charge in [-0.25, -0.2) is 8.78 Å². The van der Waals surface area contributed by atoms with Crippen molar-refractivity contribution < 1.29 is 22.8 Å². The molecule has 0 spiro atoms. The Labute approximate surface area is 178 Å². The number of hydrogen-bond donors (Lipinski definition) is 2. The maximum absolute atomic E-state index is 14.4. The number of hydrogen-bond acceptors (Lipinski definition) is 3. The van der Waals surface area contributed by atoms with E-state index in [1.807, 2.05) is 25.1 Å². The first-order valence-corrected chi connectivity index (χ1v) is 11.8. The molecular formula is C23H32F2NO3P. The van der Waals surface area contributed by atoms with Gasteiger partial charge in [0.1, 0.15) is 11.6 Å². The number of halogens is 2. The third kappa shape index (κ3) is 9.48. The summed E-state index contributed by atoms with van der Waals surface area (Å²) in [4.78, 5) is 8.59. The molecule has 0 heterocycles. The zero-order valence-corrected chi connectivity index (χ0v) is 18.6. The molecule has 30 heavy (non-hydrogen) atoms. The summed E-state index contributed by atoms with van der Waals surface area (Å²) < 4.78 is 42.4. The van der Waals surface area contributed by atoms with Crippen molar-refractivity contribution in [3.63, 3.8) is 0 Å². The lowest BCUT2D eigenvalue weighted by molar-refractivity contribution is 0.276. The van der Waals surface area contributed by atoms with Crippen LogP contribution in [0.1, 0.15) is 54.4 Å². The van der Waals surface area contributed by atoms with Crippen molar-refractivity contribution in [3.8, 4) is 0 Å². The van der Waals surface area contributed by atoms with Gasteiger partial charge in [-0.05, 0) is 86.0 Å². The Kier molecular flexibility index (Phi) is 11.2. The third-order valence-corrected chi connectivity index (χ3v) is 5.57. The highest BCUT2D eigenvalue weighted by molar-refractivity contribution is 7.32. The normalized spacial score (nSPS) is 12.3. The van der Waals surface area contributed by atoms with Crippen molar-refractivity contribution in [1.82, 2.24) is 5.32 Å². The highest BCUT2D eigenvalue weighted by Crippen LogP contribution is 2.19. The van der Waals surface area contributed by atoms with E-state index in [9.17, 15) is 13.3 Å². The van der Waals surface area contributed by atoms with Crippen molar-refractivity contribution in [2.75, 3.05) is 13.2 Å². The summed E-state index contributed by atoms with van der Waals surface area (Å²) in [5.41, 5.74) is 3.90. The van der Waals surface area contributed by atoms with E-state index in [1.54, 1.807) is 6.07 Å². The fraction of sp³-hybridized carbons (Fsp3) is 0.478. The molecule has 4 nitrogen and oxygen atoms in total. The Morgan fingerprint density at radius 1 is 0.967 bits per heavy atom. The van der Waals surface area contributed by atoms with Gasteiger partial charge < -0.3 is 14.7 Å². The molecule has 0 fully saturated rings. The molecule has 0 saturated heterocycles. The number of nitrogens with one attached hydrogen (secondary N) is 1. The third-order valence-electron chi connectivity index (χ3n) is 5.12. The predicted molar refractivity (Wildman–Crippen MR) is 117 cm³/mol. The Morgan fingerprint density at radius 3 is 2.37 bits per heavy atom. The average molecular weight is 439 g/mol. The van der Waals surface area contributed by atoms with Gasteiger partial charge in [-0.15, -0.1) is 0 Å². The molecule has 0 aliphatic carbocycles. The van der Waals surface area contributed by atoms with Crippen LogP contribution in [0.5, 0.6) is 0 Å². The van der Waals surface area contributed by atoms with Gasteiger partial charge in [0, 0.05) is 6.54 Å². The molecule has 0 aliphatic rings. The molecule has 0 saturated carbocycles.